The van der Waals surface area contributed by atoms with Crippen LogP contribution in [0.3, 0.4) is 0 Å². The van der Waals surface area contributed by atoms with E-state index >= 15 is 0 Å². The van der Waals surface area contributed by atoms with Crippen molar-refractivity contribution in [3.05, 3.63) is 29.8 Å². The highest BCUT2D eigenvalue weighted by molar-refractivity contribution is 5.78. The highest BCUT2D eigenvalue weighted by Gasteiger charge is 2.42. The molecule has 3 heteroatoms. The van der Waals surface area contributed by atoms with E-state index in [0.717, 1.165) is 23.1 Å². The summed E-state index contributed by atoms with van der Waals surface area (Å²) in [6, 6.07) is 8.04. The first-order chi connectivity index (χ1) is 10.2. The van der Waals surface area contributed by atoms with Gasteiger partial charge in [0.1, 0.15) is 5.75 Å². The fourth-order valence-electron chi connectivity index (χ4n) is 4.25. The zero-order valence-corrected chi connectivity index (χ0v) is 13.0. The van der Waals surface area contributed by atoms with Crippen molar-refractivity contribution in [3.63, 3.8) is 0 Å². The third-order valence-electron chi connectivity index (χ3n) is 5.35. The van der Waals surface area contributed by atoms with E-state index in [1.807, 2.05) is 24.3 Å². The van der Waals surface area contributed by atoms with Gasteiger partial charge in [-0.2, -0.15) is 0 Å². The molecule has 1 N–H and O–H groups in total. The largest absolute Gasteiger partial charge is 0.497 e. The first-order valence-corrected chi connectivity index (χ1v) is 8.08. The summed E-state index contributed by atoms with van der Waals surface area (Å²) in [7, 11) is 1.65. The van der Waals surface area contributed by atoms with Crippen LogP contribution in [0.4, 0.5) is 0 Å². The fraction of sp³-hybridized carbons (Fsp3) is 0.611. The van der Waals surface area contributed by atoms with Crippen LogP contribution in [0.15, 0.2) is 24.3 Å². The van der Waals surface area contributed by atoms with Gasteiger partial charge in [-0.25, -0.2) is 0 Å². The van der Waals surface area contributed by atoms with Gasteiger partial charge < -0.3 is 10.1 Å². The van der Waals surface area contributed by atoms with Crippen LogP contribution in [-0.4, -0.2) is 19.1 Å². The molecule has 21 heavy (non-hydrogen) atoms. The van der Waals surface area contributed by atoms with Gasteiger partial charge in [-0.1, -0.05) is 18.6 Å². The number of hydrogen-bond donors (Lipinski definition) is 1. The van der Waals surface area contributed by atoms with E-state index in [1.54, 1.807) is 7.11 Å². The molecular formula is C18H25NO2. The molecule has 0 aliphatic heterocycles. The van der Waals surface area contributed by atoms with E-state index in [1.165, 1.54) is 25.7 Å². The summed E-state index contributed by atoms with van der Waals surface area (Å²) in [4.78, 5) is 12.2. The number of carbonyl (C=O) groups excluding carboxylic acids is 1. The van der Waals surface area contributed by atoms with Crippen LogP contribution < -0.4 is 10.1 Å². The van der Waals surface area contributed by atoms with Gasteiger partial charge in [-0.05, 0) is 61.6 Å². The molecule has 2 aliphatic rings. The summed E-state index contributed by atoms with van der Waals surface area (Å²) in [5.41, 5.74) is 1.04. The Hall–Kier alpha value is -1.51. The zero-order valence-electron chi connectivity index (χ0n) is 13.0. The van der Waals surface area contributed by atoms with Crippen LogP contribution in [-0.2, 0) is 11.2 Å². The molecule has 2 saturated carbocycles. The van der Waals surface area contributed by atoms with Crippen LogP contribution in [0.5, 0.6) is 5.75 Å². The normalized spacial score (nSPS) is 28.4. The molecule has 0 unspecified atom stereocenters. The van der Waals surface area contributed by atoms with E-state index in [4.69, 9.17) is 4.74 Å². The third-order valence-corrected chi connectivity index (χ3v) is 5.35. The van der Waals surface area contributed by atoms with Gasteiger partial charge in [-0.15, -0.1) is 0 Å². The first-order valence-electron chi connectivity index (χ1n) is 8.08. The number of amides is 1. The monoisotopic (exact) mass is 287 g/mol. The molecule has 2 bridgehead atoms. The number of methoxy groups -OCH3 is 1. The van der Waals surface area contributed by atoms with E-state index in [-0.39, 0.29) is 5.91 Å². The van der Waals surface area contributed by atoms with Gasteiger partial charge in [0.25, 0.3) is 0 Å². The quantitative estimate of drug-likeness (QED) is 0.903. The Labute approximate surface area is 127 Å². The van der Waals surface area contributed by atoms with E-state index in [0.29, 0.717) is 18.4 Å². The average Bonchev–Trinajstić information content (AvgIpc) is 3.10. The minimum atomic E-state index is 0.135. The Morgan fingerprint density at radius 2 is 2.05 bits per heavy atom. The molecule has 1 aromatic carbocycles. The van der Waals surface area contributed by atoms with Crippen LogP contribution in [0.2, 0.25) is 0 Å². The SMILES string of the molecule is COc1ccc(CC(=O)N[C@@H](C)[C@@H]2C[C@H]3CC[C@H]2C3)cc1. The molecule has 3 nitrogen and oxygen atoms in total. The molecule has 1 amide bonds. The first kappa shape index (κ1) is 14.4. The van der Waals surface area contributed by atoms with Crippen LogP contribution in [0, 0.1) is 17.8 Å². The maximum absolute atomic E-state index is 12.2. The Morgan fingerprint density at radius 1 is 1.29 bits per heavy atom. The van der Waals surface area contributed by atoms with Crippen molar-refractivity contribution in [2.24, 2.45) is 17.8 Å². The third kappa shape index (κ3) is 3.22. The highest BCUT2D eigenvalue weighted by Crippen LogP contribution is 2.49. The average molecular weight is 287 g/mol. The zero-order chi connectivity index (χ0) is 14.8. The second-order valence-corrected chi connectivity index (χ2v) is 6.72. The molecule has 0 heterocycles. The molecule has 2 fully saturated rings. The van der Waals surface area contributed by atoms with Crippen molar-refractivity contribution in [3.8, 4) is 5.75 Å². The minimum absolute atomic E-state index is 0.135. The molecule has 0 saturated heterocycles. The van der Waals surface area contributed by atoms with Crippen molar-refractivity contribution in [1.29, 1.82) is 0 Å². The summed E-state index contributed by atoms with van der Waals surface area (Å²) < 4.78 is 5.13. The lowest BCUT2D eigenvalue weighted by Gasteiger charge is -2.28. The summed E-state index contributed by atoms with van der Waals surface area (Å²) in [6.07, 6.45) is 5.94. The summed E-state index contributed by atoms with van der Waals surface area (Å²) in [6.45, 7) is 2.18. The Bertz CT molecular complexity index is 496. The van der Waals surface area contributed by atoms with Gasteiger partial charge in [0.15, 0.2) is 0 Å². The van der Waals surface area contributed by atoms with Crippen molar-refractivity contribution in [2.45, 2.75) is 45.1 Å². The second-order valence-electron chi connectivity index (χ2n) is 6.72. The maximum atomic E-state index is 12.2. The number of nitrogens with one attached hydrogen (secondary N) is 1. The summed E-state index contributed by atoms with van der Waals surface area (Å²) in [5.74, 6) is 3.45. The fourth-order valence-corrected chi connectivity index (χ4v) is 4.25. The number of fused-ring (bicyclic) bond motifs is 2. The van der Waals surface area contributed by atoms with Crippen molar-refractivity contribution >= 4 is 5.91 Å². The van der Waals surface area contributed by atoms with Gasteiger partial charge in [0.05, 0.1) is 13.5 Å². The molecule has 114 valence electrons. The Morgan fingerprint density at radius 3 is 2.62 bits per heavy atom. The molecule has 3 rings (SSSR count). The van der Waals surface area contributed by atoms with Gasteiger partial charge >= 0.3 is 0 Å². The number of rotatable bonds is 5. The smallest absolute Gasteiger partial charge is 0.224 e. The second kappa shape index (κ2) is 6.08. The van der Waals surface area contributed by atoms with Gasteiger partial charge in [0, 0.05) is 6.04 Å². The van der Waals surface area contributed by atoms with Crippen LogP contribution >= 0.6 is 0 Å². The molecule has 4 atom stereocenters. The number of ether oxygens (including phenoxy) is 1. The van der Waals surface area contributed by atoms with Gasteiger partial charge in [-0.3, -0.25) is 4.79 Å². The maximum Gasteiger partial charge on any atom is 0.224 e. The molecular weight excluding hydrogens is 262 g/mol. The van der Waals surface area contributed by atoms with E-state index in [9.17, 15) is 4.79 Å². The number of carbonyl (C=O) groups is 1. The predicted octanol–water partition coefficient (Wildman–Crippen LogP) is 3.18. The number of benzene rings is 1. The Balaban J connectivity index is 1.51. The van der Waals surface area contributed by atoms with Crippen molar-refractivity contribution < 1.29 is 9.53 Å². The standard InChI is InChI=1S/C18H25NO2/c1-12(17-10-14-3-6-15(17)9-14)19-18(20)11-13-4-7-16(21-2)8-5-13/h4-5,7-8,12,14-15,17H,3,6,9-11H2,1-2H3,(H,19,20)/t12-,14-,15-,17-/m0/s1. The van der Waals surface area contributed by atoms with Gasteiger partial charge in [0.2, 0.25) is 5.91 Å². The molecule has 1 aromatic rings. The molecule has 0 radical (unpaired) electrons. The van der Waals surface area contributed by atoms with E-state index in [2.05, 4.69) is 12.2 Å². The predicted molar refractivity (Wildman–Crippen MR) is 83.2 cm³/mol. The van der Waals surface area contributed by atoms with Crippen LogP contribution in [0.1, 0.15) is 38.2 Å². The Kier molecular flexibility index (Phi) is 4.18. The topological polar surface area (TPSA) is 38.3 Å². The van der Waals surface area contributed by atoms with E-state index < -0.39 is 0 Å². The summed E-state index contributed by atoms with van der Waals surface area (Å²) >= 11 is 0. The van der Waals surface area contributed by atoms with Crippen LogP contribution in [0.25, 0.3) is 0 Å². The van der Waals surface area contributed by atoms with Crippen molar-refractivity contribution in [2.75, 3.05) is 7.11 Å². The highest BCUT2D eigenvalue weighted by atomic mass is 16.5. The lowest BCUT2D eigenvalue weighted by molar-refractivity contribution is -0.121. The molecule has 0 aromatic heterocycles. The van der Waals surface area contributed by atoms with Crippen molar-refractivity contribution in [1.82, 2.24) is 5.32 Å². The number of hydrogen-bond acceptors (Lipinski definition) is 2. The minimum Gasteiger partial charge on any atom is -0.497 e. The lowest BCUT2D eigenvalue weighted by Crippen LogP contribution is -2.40. The molecule has 0 spiro atoms. The summed E-state index contributed by atoms with van der Waals surface area (Å²) in [5, 5.41) is 3.21. The molecule has 2 aliphatic carbocycles. The lowest BCUT2D eigenvalue weighted by atomic mass is 9.84.